The molecular weight excluding hydrogens is 416 g/mol. The maximum atomic E-state index is 11.8. The van der Waals surface area contributed by atoms with Gasteiger partial charge in [-0.25, -0.2) is 0 Å². The molecule has 0 heterocycles. The van der Waals surface area contributed by atoms with Gasteiger partial charge in [-0.2, -0.15) is 0 Å². The first kappa shape index (κ1) is 30.3. The molecule has 0 rings (SSSR count). The number of hydrogen-bond donors (Lipinski definition) is 0. The average Bonchev–Trinajstić information content (AvgIpc) is 2.60. The first-order valence-corrected chi connectivity index (χ1v) is 19.1. The molecule has 0 aliphatic rings. The highest BCUT2D eigenvalue weighted by atomic mass is 28.4. The third-order valence-electron chi connectivity index (χ3n) is 5.26. The molecule has 0 spiro atoms. The lowest BCUT2D eigenvalue weighted by Gasteiger charge is -2.31. The van der Waals surface area contributed by atoms with Crippen molar-refractivity contribution in [2.75, 3.05) is 6.61 Å². The van der Waals surface area contributed by atoms with Crippen LogP contribution in [-0.2, 0) is 13.6 Å². The molecule has 0 radical (unpaired) electrons. The van der Waals surface area contributed by atoms with Gasteiger partial charge in [-0.3, -0.25) is 4.79 Å². The summed E-state index contributed by atoms with van der Waals surface area (Å²) in [5, 5.41) is 0. The third kappa shape index (κ3) is 22.3. The highest BCUT2D eigenvalue weighted by molar-refractivity contribution is 6.84. The Labute approximate surface area is 196 Å². The molecule has 3 nitrogen and oxygen atoms in total. The van der Waals surface area contributed by atoms with Crippen molar-refractivity contribution in [3.8, 4) is 0 Å². The quantitative estimate of drug-likeness (QED) is 0.0872. The van der Waals surface area contributed by atoms with Crippen LogP contribution in [0.2, 0.25) is 38.8 Å². The molecule has 0 saturated carbocycles. The summed E-state index contributed by atoms with van der Waals surface area (Å²) in [7, 11) is -2.84. The van der Waals surface area contributed by atoms with Crippen molar-refractivity contribution in [3.63, 3.8) is 0 Å². The fourth-order valence-electron chi connectivity index (χ4n) is 3.80. The van der Waals surface area contributed by atoms with Crippen molar-refractivity contribution in [1.82, 2.24) is 0 Å². The van der Waals surface area contributed by atoms with Crippen LogP contribution in [0.3, 0.4) is 0 Å². The lowest BCUT2D eigenvalue weighted by Crippen LogP contribution is -2.42. The average molecular weight is 469 g/mol. The Morgan fingerprint density at radius 2 is 1.29 bits per heavy atom. The predicted octanol–water partition coefficient (Wildman–Crippen LogP) is 8.79. The number of esters is 1. The maximum Gasteiger partial charge on any atom is 0.306 e. The van der Waals surface area contributed by atoms with Gasteiger partial charge in [-0.1, -0.05) is 62.2 Å². The van der Waals surface area contributed by atoms with Gasteiger partial charge in [0.1, 0.15) is 6.61 Å². The smallest absolute Gasteiger partial charge is 0.306 e. The van der Waals surface area contributed by atoms with E-state index in [-0.39, 0.29) is 5.97 Å². The molecule has 0 aliphatic heterocycles. The van der Waals surface area contributed by atoms with E-state index in [1.807, 2.05) is 6.08 Å². The topological polar surface area (TPSA) is 35.5 Å². The molecule has 0 bridgehead atoms. The fourth-order valence-corrected chi connectivity index (χ4v) is 11.9. The zero-order valence-electron chi connectivity index (χ0n) is 22.1. The van der Waals surface area contributed by atoms with Crippen molar-refractivity contribution in [1.29, 1.82) is 0 Å². The summed E-state index contributed by atoms with van der Waals surface area (Å²) in [5.41, 5.74) is 2.65. The van der Waals surface area contributed by atoms with E-state index in [2.05, 4.69) is 59.6 Å². The van der Waals surface area contributed by atoms with Crippen molar-refractivity contribution >= 4 is 22.6 Å². The summed E-state index contributed by atoms with van der Waals surface area (Å²) < 4.78 is 11.7. The van der Waals surface area contributed by atoms with Gasteiger partial charge in [-0.05, 0) is 84.9 Å². The number of allylic oxidation sites excluding steroid dienone is 3. The highest BCUT2D eigenvalue weighted by Crippen LogP contribution is 2.21. The maximum absolute atomic E-state index is 11.8. The summed E-state index contributed by atoms with van der Waals surface area (Å²) >= 11 is 0. The molecule has 0 unspecified atom stereocenters. The van der Waals surface area contributed by atoms with Crippen LogP contribution in [0, 0.1) is 0 Å². The van der Waals surface area contributed by atoms with Gasteiger partial charge in [-0.15, -0.1) is 0 Å². The first-order chi connectivity index (χ1) is 14.4. The van der Waals surface area contributed by atoms with Crippen molar-refractivity contribution in [2.45, 2.75) is 130 Å². The van der Waals surface area contributed by atoms with Gasteiger partial charge >= 0.3 is 5.97 Å². The van der Waals surface area contributed by atoms with E-state index < -0.39 is 16.6 Å². The summed E-state index contributed by atoms with van der Waals surface area (Å²) in [4.78, 5) is 11.8. The number of rotatable bonds is 18. The largest absolute Gasteiger partial charge is 0.461 e. The van der Waals surface area contributed by atoms with Crippen LogP contribution in [0.1, 0.15) is 91.4 Å². The SMILES string of the molecule is CC(C)=CCC/C(C)=C/COC(=O)CCCCCCCCCC[Si](C)(C)O[Si](C)(C)C. The van der Waals surface area contributed by atoms with Crippen molar-refractivity contribution in [2.24, 2.45) is 0 Å². The Hall–Kier alpha value is -0.656. The Morgan fingerprint density at radius 3 is 1.84 bits per heavy atom. The normalized spacial score (nSPS) is 12.7. The standard InChI is InChI=1S/C26H52O3Si2/c1-24(2)18-17-19-25(3)21-22-28-26(27)20-15-13-11-9-10-12-14-16-23-31(7,8)29-30(4,5)6/h18,21H,9-17,19-20,22-23H2,1-8H3/b25-21+. The molecule has 0 aromatic rings. The minimum atomic E-state index is -1.45. The molecule has 0 aromatic heterocycles. The third-order valence-corrected chi connectivity index (χ3v) is 11.5. The first-order valence-electron chi connectivity index (χ1n) is 12.6. The number of ether oxygens (including phenoxy) is 1. The van der Waals surface area contributed by atoms with E-state index in [4.69, 9.17) is 8.85 Å². The number of carbonyl (C=O) groups is 1. The molecule has 5 heteroatoms. The van der Waals surface area contributed by atoms with Gasteiger partial charge in [0.05, 0.1) is 0 Å². The Balaban J connectivity index is 3.58. The van der Waals surface area contributed by atoms with Crippen LogP contribution >= 0.6 is 0 Å². The summed E-state index contributed by atoms with van der Waals surface area (Å²) in [6.45, 7) is 18.4. The second-order valence-electron chi connectivity index (χ2n) is 10.9. The van der Waals surface area contributed by atoms with Gasteiger partial charge in [0.25, 0.3) is 0 Å². The van der Waals surface area contributed by atoms with Crippen LogP contribution in [0.15, 0.2) is 23.3 Å². The monoisotopic (exact) mass is 468 g/mol. The number of unbranched alkanes of at least 4 members (excludes halogenated alkanes) is 7. The Morgan fingerprint density at radius 1 is 0.742 bits per heavy atom. The highest BCUT2D eigenvalue weighted by Gasteiger charge is 2.28. The Bertz CT molecular complexity index is 541. The summed E-state index contributed by atoms with van der Waals surface area (Å²) in [6, 6.07) is 1.30. The molecule has 0 atom stereocenters. The lowest BCUT2D eigenvalue weighted by atomic mass is 10.1. The van der Waals surface area contributed by atoms with Crippen molar-refractivity contribution in [3.05, 3.63) is 23.3 Å². The van der Waals surface area contributed by atoms with E-state index in [0.717, 1.165) is 25.7 Å². The van der Waals surface area contributed by atoms with Gasteiger partial charge in [0.15, 0.2) is 16.6 Å². The van der Waals surface area contributed by atoms with E-state index in [0.29, 0.717) is 13.0 Å². The molecule has 31 heavy (non-hydrogen) atoms. The zero-order valence-corrected chi connectivity index (χ0v) is 24.1. The summed E-state index contributed by atoms with van der Waals surface area (Å²) in [5.74, 6) is -0.0549. The molecule has 0 aliphatic carbocycles. The molecule has 0 aromatic carbocycles. The van der Waals surface area contributed by atoms with Gasteiger partial charge < -0.3 is 8.85 Å². The minimum absolute atomic E-state index is 0.0549. The van der Waals surface area contributed by atoms with Crippen LogP contribution < -0.4 is 0 Å². The van der Waals surface area contributed by atoms with Crippen LogP contribution in [0.25, 0.3) is 0 Å². The van der Waals surface area contributed by atoms with E-state index >= 15 is 0 Å². The predicted molar refractivity (Wildman–Crippen MR) is 142 cm³/mol. The molecule has 0 N–H and O–H groups in total. The van der Waals surface area contributed by atoms with E-state index in [1.165, 1.54) is 55.7 Å². The van der Waals surface area contributed by atoms with Crippen LogP contribution in [0.4, 0.5) is 0 Å². The lowest BCUT2D eigenvalue weighted by molar-refractivity contribution is -0.142. The van der Waals surface area contributed by atoms with Crippen LogP contribution in [-0.4, -0.2) is 29.2 Å². The number of carbonyl (C=O) groups excluding carboxylic acids is 1. The fraction of sp³-hybridized carbons (Fsp3) is 0.808. The molecule has 182 valence electrons. The molecule has 0 fully saturated rings. The number of hydrogen-bond acceptors (Lipinski definition) is 3. The molecular formula is C26H52O3Si2. The molecule has 0 amide bonds. The second-order valence-corrected chi connectivity index (χ2v) is 19.9. The second kappa shape index (κ2) is 16.9. The van der Waals surface area contributed by atoms with Gasteiger partial charge in [0.2, 0.25) is 0 Å². The Kier molecular flexibility index (Phi) is 16.5. The summed E-state index contributed by atoms with van der Waals surface area (Å²) in [6.07, 6.45) is 16.8. The minimum Gasteiger partial charge on any atom is -0.461 e. The van der Waals surface area contributed by atoms with E-state index in [9.17, 15) is 4.79 Å². The van der Waals surface area contributed by atoms with Gasteiger partial charge in [0, 0.05) is 6.42 Å². The zero-order chi connectivity index (χ0) is 23.8. The van der Waals surface area contributed by atoms with Crippen molar-refractivity contribution < 1.29 is 13.6 Å². The molecule has 0 saturated heterocycles. The van der Waals surface area contributed by atoms with Crippen LogP contribution in [0.5, 0.6) is 0 Å². The van der Waals surface area contributed by atoms with E-state index in [1.54, 1.807) is 0 Å².